The number of rotatable bonds is 9. The number of carbonyl (C=O) groups is 4. The number of aromatic nitrogens is 1. The molecule has 182 valence electrons. The van der Waals surface area contributed by atoms with Crippen molar-refractivity contribution in [3.05, 3.63) is 36.0 Å². The third kappa shape index (κ3) is 5.60. The summed E-state index contributed by atoms with van der Waals surface area (Å²) in [6, 6.07) is 7.71. The van der Waals surface area contributed by atoms with Crippen LogP contribution in [0.25, 0.3) is 10.9 Å². The summed E-state index contributed by atoms with van der Waals surface area (Å²) in [6.07, 6.45) is 5.55. The van der Waals surface area contributed by atoms with Crippen molar-refractivity contribution < 1.29 is 19.2 Å². The Hall–Kier alpha value is -2.87. The van der Waals surface area contributed by atoms with Crippen LogP contribution in [-0.2, 0) is 14.4 Å². The van der Waals surface area contributed by atoms with E-state index in [0.29, 0.717) is 18.7 Å². The number of fused-ring (bicyclic) bond motifs is 1. The molecule has 8 nitrogen and oxygen atoms in total. The van der Waals surface area contributed by atoms with Crippen molar-refractivity contribution in [2.75, 3.05) is 12.4 Å². The van der Waals surface area contributed by atoms with E-state index in [2.05, 4.69) is 20.9 Å². The number of H-pyrrole nitrogens is 1. The molecule has 1 aliphatic carbocycles. The van der Waals surface area contributed by atoms with Crippen LogP contribution in [0.15, 0.2) is 30.3 Å². The summed E-state index contributed by atoms with van der Waals surface area (Å²) < 4.78 is 0. The molecule has 1 saturated carbocycles. The first-order valence-corrected chi connectivity index (χ1v) is 12.5. The van der Waals surface area contributed by atoms with E-state index in [4.69, 9.17) is 11.6 Å². The minimum absolute atomic E-state index is 0.0244. The van der Waals surface area contributed by atoms with Gasteiger partial charge in [0.15, 0.2) is 5.78 Å². The zero-order chi connectivity index (χ0) is 24.1. The lowest BCUT2D eigenvalue weighted by Crippen LogP contribution is -2.55. The lowest BCUT2D eigenvalue weighted by molar-refractivity contribution is -0.130. The number of amides is 3. The predicted molar refractivity (Wildman–Crippen MR) is 130 cm³/mol. The third-order valence-corrected chi connectivity index (χ3v) is 7.25. The SMILES string of the molecule is O=C(N[C@H](C(=O)N[C@@H](CC1CCNC1=O)C(=O)CCl)C1CCCCC1)c1cc2ccccc2[nH]1. The van der Waals surface area contributed by atoms with Crippen LogP contribution in [0.2, 0.25) is 0 Å². The maximum absolute atomic E-state index is 13.4. The smallest absolute Gasteiger partial charge is 0.268 e. The number of aromatic amines is 1. The molecule has 1 saturated heterocycles. The van der Waals surface area contributed by atoms with Crippen LogP contribution < -0.4 is 16.0 Å². The zero-order valence-electron chi connectivity index (χ0n) is 19.1. The Morgan fingerprint density at radius 2 is 1.82 bits per heavy atom. The summed E-state index contributed by atoms with van der Waals surface area (Å²) in [4.78, 5) is 54.2. The van der Waals surface area contributed by atoms with Crippen LogP contribution in [0.3, 0.4) is 0 Å². The minimum atomic E-state index is -0.866. The Morgan fingerprint density at radius 1 is 1.06 bits per heavy atom. The van der Waals surface area contributed by atoms with Crippen molar-refractivity contribution in [1.82, 2.24) is 20.9 Å². The Labute approximate surface area is 203 Å². The van der Waals surface area contributed by atoms with Gasteiger partial charge >= 0.3 is 0 Å². The molecule has 3 atom stereocenters. The molecule has 3 amide bonds. The zero-order valence-corrected chi connectivity index (χ0v) is 19.8. The van der Waals surface area contributed by atoms with E-state index >= 15 is 0 Å². The largest absolute Gasteiger partial charge is 0.356 e. The first kappa shape index (κ1) is 24.3. The highest BCUT2D eigenvalue weighted by atomic mass is 35.5. The van der Waals surface area contributed by atoms with E-state index < -0.39 is 18.0 Å². The van der Waals surface area contributed by atoms with Crippen LogP contribution in [0.5, 0.6) is 0 Å². The normalized spacial score (nSPS) is 20.5. The van der Waals surface area contributed by atoms with Crippen molar-refractivity contribution in [3.8, 4) is 0 Å². The van der Waals surface area contributed by atoms with Crippen molar-refractivity contribution in [2.24, 2.45) is 11.8 Å². The van der Waals surface area contributed by atoms with E-state index in [1.807, 2.05) is 24.3 Å². The summed E-state index contributed by atoms with van der Waals surface area (Å²) >= 11 is 5.81. The van der Waals surface area contributed by atoms with E-state index in [9.17, 15) is 19.2 Å². The van der Waals surface area contributed by atoms with Gasteiger partial charge in [-0.2, -0.15) is 0 Å². The Kier molecular flexibility index (Phi) is 7.88. The van der Waals surface area contributed by atoms with Gasteiger partial charge in [-0.15, -0.1) is 11.6 Å². The molecule has 2 heterocycles. The summed E-state index contributed by atoms with van der Waals surface area (Å²) in [5.41, 5.74) is 1.22. The van der Waals surface area contributed by atoms with Gasteiger partial charge in [-0.3, -0.25) is 19.2 Å². The molecule has 1 aromatic carbocycles. The van der Waals surface area contributed by atoms with Crippen LogP contribution in [-0.4, -0.2) is 53.0 Å². The van der Waals surface area contributed by atoms with Gasteiger partial charge < -0.3 is 20.9 Å². The molecule has 2 aromatic rings. The number of alkyl halides is 1. The molecule has 1 aromatic heterocycles. The second-order valence-electron chi connectivity index (χ2n) is 9.29. The summed E-state index contributed by atoms with van der Waals surface area (Å²) in [7, 11) is 0. The second-order valence-corrected chi connectivity index (χ2v) is 9.56. The molecule has 1 aliphatic heterocycles. The molecule has 0 bridgehead atoms. The van der Waals surface area contributed by atoms with E-state index in [-0.39, 0.29) is 41.7 Å². The van der Waals surface area contributed by atoms with Crippen molar-refractivity contribution in [2.45, 2.75) is 57.0 Å². The number of nitrogens with one attached hydrogen (secondary N) is 4. The molecule has 2 fully saturated rings. The molecule has 34 heavy (non-hydrogen) atoms. The Morgan fingerprint density at radius 3 is 2.50 bits per heavy atom. The molecule has 1 unspecified atom stereocenters. The minimum Gasteiger partial charge on any atom is -0.356 e. The first-order valence-electron chi connectivity index (χ1n) is 12.0. The van der Waals surface area contributed by atoms with Crippen molar-refractivity contribution >= 4 is 46.0 Å². The average Bonchev–Trinajstić information content (AvgIpc) is 3.48. The lowest BCUT2D eigenvalue weighted by Gasteiger charge is -2.31. The van der Waals surface area contributed by atoms with Gasteiger partial charge in [0.05, 0.1) is 11.9 Å². The van der Waals surface area contributed by atoms with Crippen LogP contribution >= 0.6 is 11.6 Å². The van der Waals surface area contributed by atoms with E-state index in [1.165, 1.54) is 0 Å². The van der Waals surface area contributed by atoms with Gasteiger partial charge in [0.25, 0.3) is 5.91 Å². The molecular weight excluding hydrogens is 456 g/mol. The Bertz CT molecular complexity index is 1030. The number of benzene rings is 1. The van der Waals surface area contributed by atoms with Gasteiger partial charge in [0.1, 0.15) is 11.7 Å². The predicted octanol–water partition coefficient (Wildman–Crippen LogP) is 2.67. The average molecular weight is 487 g/mol. The number of para-hydroxylation sites is 1. The second kappa shape index (κ2) is 11.0. The van der Waals surface area contributed by atoms with Crippen LogP contribution in [0, 0.1) is 11.8 Å². The Balaban J connectivity index is 1.51. The highest BCUT2D eigenvalue weighted by molar-refractivity contribution is 6.28. The van der Waals surface area contributed by atoms with Gasteiger partial charge in [0.2, 0.25) is 11.8 Å². The quantitative estimate of drug-likeness (QED) is 0.407. The topological polar surface area (TPSA) is 120 Å². The summed E-state index contributed by atoms with van der Waals surface area (Å²) in [5.74, 6) is -1.84. The number of hydrogen-bond acceptors (Lipinski definition) is 4. The van der Waals surface area contributed by atoms with Crippen LogP contribution in [0.4, 0.5) is 0 Å². The summed E-state index contributed by atoms with van der Waals surface area (Å²) in [5, 5.41) is 9.41. The standard InChI is InChI=1S/C25H31ClN4O4/c26-14-21(31)19(13-17-10-11-27-23(17)32)29-25(34)22(15-6-2-1-3-7-15)30-24(33)20-12-16-8-4-5-9-18(16)28-20/h4-5,8-9,12,15,17,19,22,28H,1-3,6-7,10-11,13-14H2,(H,27,32)(H,29,34)(H,30,33)/t17?,19-,22-/m0/s1. The maximum atomic E-state index is 13.4. The fraction of sp³-hybridized carbons (Fsp3) is 0.520. The molecule has 2 aliphatic rings. The first-order chi connectivity index (χ1) is 16.5. The fourth-order valence-corrected chi connectivity index (χ4v) is 5.25. The molecule has 4 rings (SSSR count). The molecule has 9 heteroatoms. The van der Waals surface area contributed by atoms with E-state index in [0.717, 1.165) is 43.0 Å². The number of carbonyl (C=O) groups excluding carboxylic acids is 4. The highest BCUT2D eigenvalue weighted by Gasteiger charge is 2.36. The van der Waals surface area contributed by atoms with Crippen molar-refractivity contribution in [1.29, 1.82) is 0 Å². The molecule has 0 radical (unpaired) electrons. The van der Waals surface area contributed by atoms with Crippen LogP contribution in [0.1, 0.15) is 55.4 Å². The van der Waals surface area contributed by atoms with Gasteiger partial charge in [0, 0.05) is 23.4 Å². The highest BCUT2D eigenvalue weighted by Crippen LogP contribution is 2.27. The lowest BCUT2D eigenvalue weighted by atomic mass is 9.83. The van der Waals surface area contributed by atoms with Gasteiger partial charge in [-0.05, 0) is 43.7 Å². The van der Waals surface area contributed by atoms with E-state index in [1.54, 1.807) is 6.07 Å². The summed E-state index contributed by atoms with van der Waals surface area (Å²) in [6.45, 7) is 0.560. The van der Waals surface area contributed by atoms with Gasteiger partial charge in [-0.25, -0.2) is 0 Å². The number of ketones is 1. The van der Waals surface area contributed by atoms with Gasteiger partial charge in [-0.1, -0.05) is 37.5 Å². The number of Topliss-reactive ketones (excluding diaryl/α,β-unsaturated/α-hetero) is 1. The third-order valence-electron chi connectivity index (χ3n) is 6.98. The van der Waals surface area contributed by atoms with Crippen molar-refractivity contribution in [3.63, 3.8) is 0 Å². The number of halogens is 1. The maximum Gasteiger partial charge on any atom is 0.268 e. The monoisotopic (exact) mass is 486 g/mol. The fourth-order valence-electron chi connectivity index (χ4n) is 5.06. The molecular formula is C25H31ClN4O4. The number of hydrogen-bond donors (Lipinski definition) is 4. The molecule has 0 spiro atoms. The molecule has 4 N–H and O–H groups in total.